The molecule has 1 aromatic heterocycles. The smallest absolute Gasteiger partial charge is 0.233 e. The SMILES string of the molecule is Cc1ccc(-c2nc(CN3C(=O)C4CC=CCC4C3=O)co2)c(C)c1. The van der Waals surface area contributed by atoms with Crippen molar-refractivity contribution < 1.29 is 14.0 Å². The summed E-state index contributed by atoms with van der Waals surface area (Å²) in [5, 5.41) is 0. The quantitative estimate of drug-likeness (QED) is 0.636. The number of nitrogens with zero attached hydrogens (tertiary/aromatic N) is 2. The van der Waals surface area contributed by atoms with Crippen molar-refractivity contribution in [1.82, 2.24) is 9.88 Å². The summed E-state index contributed by atoms with van der Waals surface area (Å²) in [6.45, 7) is 4.23. The summed E-state index contributed by atoms with van der Waals surface area (Å²) >= 11 is 0. The van der Waals surface area contributed by atoms with Crippen LogP contribution >= 0.6 is 0 Å². The van der Waals surface area contributed by atoms with Gasteiger partial charge in [0.1, 0.15) is 6.26 Å². The highest BCUT2D eigenvalue weighted by Gasteiger charge is 2.47. The normalized spacial score (nSPS) is 22.6. The van der Waals surface area contributed by atoms with Crippen molar-refractivity contribution in [3.05, 3.63) is 53.4 Å². The lowest BCUT2D eigenvalue weighted by molar-refractivity contribution is -0.140. The summed E-state index contributed by atoms with van der Waals surface area (Å²) < 4.78 is 5.60. The van der Waals surface area contributed by atoms with Crippen molar-refractivity contribution in [2.45, 2.75) is 33.2 Å². The molecule has 2 aliphatic rings. The van der Waals surface area contributed by atoms with Crippen LogP contribution in [0.25, 0.3) is 11.5 Å². The molecule has 0 radical (unpaired) electrons. The van der Waals surface area contributed by atoms with Crippen molar-refractivity contribution in [2.24, 2.45) is 11.8 Å². The standard InChI is InChI=1S/C20H20N2O3/c1-12-7-8-15(13(2)9-12)18-21-14(11-25-18)10-22-19(23)16-5-3-4-6-17(16)20(22)24/h3-4,7-9,11,16-17H,5-6,10H2,1-2H3. The fourth-order valence-electron chi connectivity index (χ4n) is 3.74. The van der Waals surface area contributed by atoms with Gasteiger partial charge in [-0.25, -0.2) is 4.98 Å². The number of hydrogen-bond acceptors (Lipinski definition) is 4. The van der Waals surface area contributed by atoms with Gasteiger partial charge in [-0.2, -0.15) is 0 Å². The van der Waals surface area contributed by atoms with Gasteiger partial charge < -0.3 is 4.42 Å². The van der Waals surface area contributed by atoms with Crippen LogP contribution in [0.1, 0.15) is 29.7 Å². The molecule has 1 fully saturated rings. The second-order valence-electron chi connectivity index (χ2n) is 6.88. The maximum Gasteiger partial charge on any atom is 0.233 e. The Balaban J connectivity index is 1.55. The minimum absolute atomic E-state index is 0.0876. The lowest BCUT2D eigenvalue weighted by atomic mass is 9.85. The van der Waals surface area contributed by atoms with Crippen molar-refractivity contribution >= 4 is 11.8 Å². The zero-order chi connectivity index (χ0) is 17.6. The lowest BCUT2D eigenvalue weighted by Gasteiger charge is -2.14. The molecule has 0 spiro atoms. The number of likely N-dealkylation sites (tertiary alicyclic amines) is 1. The van der Waals surface area contributed by atoms with E-state index < -0.39 is 0 Å². The number of rotatable bonds is 3. The molecule has 4 rings (SSSR count). The zero-order valence-corrected chi connectivity index (χ0v) is 14.4. The third kappa shape index (κ3) is 2.69. The molecule has 2 unspecified atom stereocenters. The Morgan fingerprint density at radius 2 is 1.80 bits per heavy atom. The lowest BCUT2D eigenvalue weighted by Crippen LogP contribution is -2.30. The Hall–Kier alpha value is -2.69. The Kier molecular flexibility index (Phi) is 3.79. The minimum Gasteiger partial charge on any atom is -0.444 e. The predicted molar refractivity (Wildman–Crippen MR) is 92.3 cm³/mol. The number of allylic oxidation sites excluding steroid dienone is 2. The van der Waals surface area contributed by atoms with E-state index in [4.69, 9.17) is 4.42 Å². The number of imide groups is 1. The molecular formula is C20H20N2O3. The highest BCUT2D eigenvalue weighted by molar-refractivity contribution is 6.05. The van der Waals surface area contributed by atoms with Crippen LogP contribution in [0.2, 0.25) is 0 Å². The average molecular weight is 336 g/mol. The molecule has 5 nitrogen and oxygen atoms in total. The number of amides is 2. The number of hydrogen-bond donors (Lipinski definition) is 0. The van der Waals surface area contributed by atoms with E-state index in [9.17, 15) is 9.59 Å². The molecule has 1 aliphatic heterocycles. The molecule has 0 saturated carbocycles. The van der Waals surface area contributed by atoms with Crippen LogP contribution in [0.15, 0.2) is 41.0 Å². The van der Waals surface area contributed by atoms with Crippen molar-refractivity contribution in [3.8, 4) is 11.5 Å². The maximum absolute atomic E-state index is 12.5. The van der Waals surface area contributed by atoms with Crippen LogP contribution in [0, 0.1) is 25.7 Å². The van der Waals surface area contributed by atoms with Crippen LogP contribution in [0.4, 0.5) is 0 Å². The monoisotopic (exact) mass is 336 g/mol. The molecule has 2 aromatic rings. The fourth-order valence-corrected chi connectivity index (χ4v) is 3.74. The van der Waals surface area contributed by atoms with Crippen LogP contribution < -0.4 is 0 Å². The summed E-state index contributed by atoms with van der Waals surface area (Å²) in [7, 11) is 0. The number of aromatic nitrogens is 1. The third-order valence-corrected chi connectivity index (χ3v) is 5.08. The number of carbonyl (C=O) groups is 2. The van der Waals surface area contributed by atoms with Crippen LogP contribution in [0.3, 0.4) is 0 Å². The summed E-state index contributed by atoms with van der Waals surface area (Å²) in [6, 6.07) is 6.06. The van der Waals surface area contributed by atoms with Gasteiger partial charge in [0.2, 0.25) is 17.7 Å². The summed E-state index contributed by atoms with van der Waals surface area (Å²) in [5.41, 5.74) is 3.79. The first-order valence-corrected chi connectivity index (χ1v) is 8.57. The van der Waals surface area contributed by atoms with Crippen LogP contribution in [-0.4, -0.2) is 21.7 Å². The molecule has 1 saturated heterocycles. The molecule has 0 N–H and O–H groups in total. The number of oxazole rings is 1. The van der Waals surface area contributed by atoms with E-state index >= 15 is 0 Å². The Morgan fingerprint density at radius 1 is 1.12 bits per heavy atom. The first-order chi connectivity index (χ1) is 12.0. The maximum atomic E-state index is 12.5. The van der Waals surface area contributed by atoms with Crippen molar-refractivity contribution in [1.29, 1.82) is 0 Å². The molecule has 2 heterocycles. The Labute approximate surface area is 146 Å². The topological polar surface area (TPSA) is 63.4 Å². The van der Waals surface area contributed by atoms with E-state index in [-0.39, 0.29) is 30.2 Å². The second kappa shape index (κ2) is 5.99. The van der Waals surface area contributed by atoms with Crippen molar-refractivity contribution in [2.75, 3.05) is 0 Å². The molecule has 128 valence electrons. The molecular weight excluding hydrogens is 316 g/mol. The van der Waals surface area contributed by atoms with Gasteiger partial charge in [-0.1, -0.05) is 29.8 Å². The van der Waals surface area contributed by atoms with Gasteiger partial charge in [0.05, 0.1) is 24.1 Å². The molecule has 2 atom stereocenters. The van der Waals surface area contributed by atoms with Gasteiger partial charge >= 0.3 is 0 Å². The van der Waals surface area contributed by atoms with Gasteiger partial charge in [0, 0.05) is 5.56 Å². The van der Waals surface area contributed by atoms with Crippen LogP contribution in [0.5, 0.6) is 0 Å². The third-order valence-electron chi connectivity index (χ3n) is 5.08. The van der Waals surface area contributed by atoms with Gasteiger partial charge in [-0.3, -0.25) is 14.5 Å². The number of benzene rings is 1. The van der Waals surface area contributed by atoms with E-state index in [1.54, 1.807) is 0 Å². The number of aryl methyl sites for hydroxylation is 2. The van der Waals surface area contributed by atoms with Gasteiger partial charge in [0.15, 0.2) is 0 Å². The fraction of sp³-hybridized carbons (Fsp3) is 0.350. The Morgan fingerprint density at radius 3 is 2.44 bits per heavy atom. The van der Waals surface area contributed by atoms with Crippen LogP contribution in [-0.2, 0) is 16.1 Å². The zero-order valence-electron chi connectivity index (χ0n) is 14.4. The van der Waals surface area contributed by atoms with E-state index in [0.29, 0.717) is 24.4 Å². The largest absolute Gasteiger partial charge is 0.444 e. The summed E-state index contributed by atoms with van der Waals surface area (Å²) in [6.07, 6.45) is 6.82. The van der Waals surface area contributed by atoms with Gasteiger partial charge in [0.25, 0.3) is 0 Å². The molecule has 25 heavy (non-hydrogen) atoms. The molecule has 1 aromatic carbocycles. The highest BCUT2D eigenvalue weighted by atomic mass is 16.3. The molecule has 0 bridgehead atoms. The summed E-state index contributed by atoms with van der Waals surface area (Å²) in [5.74, 6) is -0.0667. The minimum atomic E-state index is -0.205. The van der Waals surface area contributed by atoms with Gasteiger partial charge in [-0.05, 0) is 38.3 Å². The molecule has 1 aliphatic carbocycles. The number of carbonyl (C=O) groups excluding carboxylic acids is 2. The Bertz CT molecular complexity index is 855. The van der Waals surface area contributed by atoms with E-state index in [1.165, 1.54) is 16.7 Å². The average Bonchev–Trinajstić information content (AvgIpc) is 3.15. The highest BCUT2D eigenvalue weighted by Crippen LogP contribution is 2.36. The molecule has 5 heteroatoms. The molecule has 2 amide bonds. The van der Waals surface area contributed by atoms with E-state index in [1.807, 2.05) is 38.1 Å². The summed E-state index contributed by atoms with van der Waals surface area (Å²) in [4.78, 5) is 30.9. The van der Waals surface area contributed by atoms with E-state index in [0.717, 1.165) is 11.1 Å². The first-order valence-electron chi connectivity index (χ1n) is 8.57. The first kappa shape index (κ1) is 15.8. The van der Waals surface area contributed by atoms with Crippen molar-refractivity contribution in [3.63, 3.8) is 0 Å². The van der Waals surface area contributed by atoms with E-state index in [2.05, 4.69) is 11.1 Å². The second-order valence-corrected chi connectivity index (χ2v) is 6.88. The predicted octanol–water partition coefficient (Wildman–Crippen LogP) is 3.41. The van der Waals surface area contributed by atoms with Gasteiger partial charge in [-0.15, -0.1) is 0 Å². The number of fused-ring (bicyclic) bond motifs is 1.